The summed E-state index contributed by atoms with van der Waals surface area (Å²) in [6.45, 7) is 5.77. The van der Waals surface area contributed by atoms with Crippen molar-refractivity contribution >= 4 is 34.2 Å². The molecule has 0 bridgehead atoms. The van der Waals surface area contributed by atoms with Crippen LogP contribution in [0.25, 0.3) is 0 Å². The maximum absolute atomic E-state index is 12.9. The molecule has 5 nitrogen and oxygen atoms in total. The Labute approximate surface area is 151 Å². The molecule has 0 spiro atoms. The Kier molecular flexibility index (Phi) is 6.56. The van der Waals surface area contributed by atoms with Gasteiger partial charge >= 0.3 is 0 Å². The van der Waals surface area contributed by atoms with Crippen molar-refractivity contribution < 1.29 is 14.3 Å². The van der Waals surface area contributed by atoms with Gasteiger partial charge in [-0.05, 0) is 47.4 Å². The van der Waals surface area contributed by atoms with Crippen molar-refractivity contribution in [1.29, 1.82) is 0 Å². The van der Waals surface area contributed by atoms with Gasteiger partial charge in [0.25, 0.3) is 5.91 Å². The molecule has 2 aliphatic heterocycles. The Morgan fingerprint density at radius 3 is 2.87 bits per heavy atom. The number of amides is 1. The molecule has 1 N–H and O–H groups in total. The lowest BCUT2D eigenvalue weighted by Gasteiger charge is -2.29. The molecule has 23 heavy (non-hydrogen) atoms. The molecule has 1 amide bonds. The normalized spacial score (nSPS) is 19.1. The fourth-order valence-electron chi connectivity index (χ4n) is 3.00. The fraction of sp³-hybridized carbons (Fsp3) is 0.562. The zero-order chi connectivity index (χ0) is 15.5. The van der Waals surface area contributed by atoms with Crippen molar-refractivity contribution in [2.45, 2.75) is 25.8 Å². The molecule has 1 aromatic carbocycles. The van der Waals surface area contributed by atoms with Crippen LogP contribution < -0.4 is 14.8 Å². The highest BCUT2D eigenvalue weighted by Gasteiger charge is 2.28. The first-order valence-corrected chi connectivity index (χ1v) is 8.61. The van der Waals surface area contributed by atoms with E-state index < -0.39 is 0 Å². The predicted molar refractivity (Wildman–Crippen MR) is 95.0 cm³/mol. The second-order valence-electron chi connectivity index (χ2n) is 5.63. The predicted octanol–water partition coefficient (Wildman–Crippen LogP) is 2.86. The SMILES string of the molecule is CCCN(C(=O)c1cc(Br)c2c(c1)OCCO2)C1CCNC1.Cl. The van der Waals surface area contributed by atoms with E-state index in [2.05, 4.69) is 28.2 Å². The number of carbonyl (C=O) groups is 1. The van der Waals surface area contributed by atoms with Crippen LogP contribution >= 0.6 is 28.3 Å². The highest BCUT2D eigenvalue weighted by molar-refractivity contribution is 9.10. The number of nitrogens with one attached hydrogen (secondary N) is 1. The molecule has 1 fully saturated rings. The van der Waals surface area contributed by atoms with Crippen LogP contribution in [0.5, 0.6) is 11.5 Å². The van der Waals surface area contributed by atoms with Gasteiger partial charge in [0, 0.05) is 24.7 Å². The van der Waals surface area contributed by atoms with E-state index in [9.17, 15) is 4.79 Å². The fourth-order valence-corrected chi connectivity index (χ4v) is 3.55. The maximum Gasteiger partial charge on any atom is 0.254 e. The van der Waals surface area contributed by atoms with Gasteiger partial charge in [-0.25, -0.2) is 0 Å². The Morgan fingerprint density at radius 1 is 1.39 bits per heavy atom. The van der Waals surface area contributed by atoms with Gasteiger partial charge in [-0.2, -0.15) is 0 Å². The molecule has 1 atom stereocenters. The molecular weight excluding hydrogens is 384 g/mol. The standard InChI is InChI=1S/C16H21BrN2O3.ClH/c1-2-5-19(12-3-4-18-10-12)16(20)11-8-13(17)15-14(9-11)21-6-7-22-15;/h8-9,12,18H,2-7,10H2,1H3;1H. The molecule has 128 valence electrons. The molecule has 3 rings (SSSR count). The Balaban J connectivity index is 0.00000192. The van der Waals surface area contributed by atoms with Gasteiger partial charge in [0.05, 0.1) is 4.47 Å². The molecule has 2 heterocycles. The molecular formula is C16H22BrClN2O3. The minimum Gasteiger partial charge on any atom is -0.486 e. The Bertz CT molecular complexity index is 565. The summed E-state index contributed by atoms with van der Waals surface area (Å²) in [6, 6.07) is 3.91. The highest BCUT2D eigenvalue weighted by Crippen LogP contribution is 2.39. The molecule has 0 saturated carbocycles. The Hall–Kier alpha value is -0.980. The summed E-state index contributed by atoms with van der Waals surface area (Å²) in [5.41, 5.74) is 0.650. The summed E-state index contributed by atoms with van der Waals surface area (Å²) in [5.74, 6) is 1.39. The third-order valence-corrected chi connectivity index (χ3v) is 4.63. The number of carbonyl (C=O) groups excluding carboxylic acids is 1. The van der Waals surface area contributed by atoms with Gasteiger partial charge in [0.2, 0.25) is 0 Å². The number of nitrogens with zero attached hydrogens (tertiary/aromatic N) is 1. The monoisotopic (exact) mass is 404 g/mol. The van der Waals surface area contributed by atoms with Crippen molar-refractivity contribution in [2.75, 3.05) is 32.8 Å². The number of ether oxygens (including phenoxy) is 2. The molecule has 7 heteroatoms. The topological polar surface area (TPSA) is 50.8 Å². The van der Waals surface area contributed by atoms with Gasteiger partial charge in [0.15, 0.2) is 11.5 Å². The lowest BCUT2D eigenvalue weighted by molar-refractivity contribution is 0.0691. The number of fused-ring (bicyclic) bond motifs is 1. The van der Waals surface area contributed by atoms with Crippen molar-refractivity contribution in [2.24, 2.45) is 0 Å². The molecule has 0 aliphatic carbocycles. The third kappa shape index (κ3) is 3.92. The van der Waals surface area contributed by atoms with Crippen molar-refractivity contribution in [1.82, 2.24) is 10.2 Å². The van der Waals surface area contributed by atoms with Crippen LogP contribution in [-0.2, 0) is 0 Å². The van der Waals surface area contributed by atoms with Crippen LogP contribution in [0, 0.1) is 0 Å². The van der Waals surface area contributed by atoms with Crippen LogP contribution in [-0.4, -0.2) is 49.7 Å². The molecule has 0 radical (unpaired) electrons. The van der Waals surface area contributed by atoms with E-state index in [1.54, 1.807) is 6.07 Å². The van der Waals surface area contributed by atoms with E-state index >= 15 is 0 Å². The van der Waals surface area contributed by atoms with Crippen molar-refractivity contribution in [3.05, 3.63) is 22.2 Å². The smallest absolute Gasteiger partial charge is 0.254 e. The summed E-state index contributed by atoms with van der Waals surface area (Å²) >= 11 is 3.48. The van der Waals surface area contributed by atoms with E-state index in [1.165, 1.54) is 0 Å². The second-order valence-corrected chi connectivity index (χ2v) is 6.48. The van der Waals surface area contributed by atoms with E-state index in [1.807, 2.05) is 11.0 Å². The molecule has 1 unspecified atom stereocenters. The van der Waals surface area contributed by atoms with Crippen molar-refractivity contribution in [3.63, 3.8) is 0 Å². The summed E-state index contributed by atoms with van der Waals surface area (Å²) in [4.78, 5) is 14.9. The van der Waals surface area contributed by atoms with Gasteiger partial charge in [-0.1, -0.05) is 6.92 Å². The van der Waals surface area contributed by atoms with Crippen LogP contribution in [0.15, 0.2) is 16.6 Å². The lowest BCUT2D eigenvalue weighted by atomic mass is 10.1. The third-order valence-electron chi connectivity index (χ3n) is 4.04. The number of rotatable bonds is 4. The largest absolute Gasteiger partial charge is 0.486 e. The second kappa shape index (κ2) is 8.22. The van der Waals surface area contributed by atoms with Crippen LogP contribution in [0.1, 0.15) is 30.1 Å². The van der Waals surface area contributed by atoms with Gasteiger partial charge in [0.1, 0.15) is 13.2 Å². The first-order valence-electron chi connectivity index (χ1n) is 7.81. The first-order chi connectivity index (χ1) is 10.7. The number of hydrogen-bond acceptors (Lipinski definition) is 4. The molecule has 0 aromatic heterocycles. The van der Waals surface area contributed by atoms with Crippen LogP contribution in [0.3, 0.4) is 0 Å². The number of benzene rings is 1. The maximum atomic E-state index is 12.9. The minimum absolute atomic E-state index is 0. The van der Waals surface area contributed by atoms with Crippen LogP contribution in [0.2, 0.25) is 0 Å². The summed E-state index contributed by atoms with van der Waals surface area (Å²) in [5, 5.41) is 3.33. The lowest BCUT2D eigenvalue weighted by Crippen LogP contribution is -2.42. The average molecular weight is 406 g/mol. The number of halogens is 2. The highest BCUT2D eigenvalue weighted by atomic mass is 79.9. The summed E-state index contributed by atoms with van der Waals surface area (Å²) < 4.78 is 12.0. The van der Waals surface area contributed by atoms with Gasteiger partial charge in [-0.15, -0.1) is 12.4 Å². The van der Waals surface area contributed by atoms with Crippen LogP contribution in [0.4, 0.5) is 0 Å². The van der Waals surface area contributed by atoms with E-state index in [4.69, 9.17) is 9.47 Å². The van der Waals surface area contributed by atoms with Gasteiger partial charge in [-0.3, -0.25) is 4.79 Å². The average Bonchev–Trinajstić information content (AvgIpc) is 3.06. The Morgan fingerprint density at radius 2 is 2.17 bits per heavy atom. The van der Waals surface area contributed by atoms with Crippen molar-refractivity contribution in [3.8, 4) is 11.5 Å². The van der Waals surface area contributed by atoms with E-state index in [-0.39, 0.29) is 24.4 Å². The first kappa shape index (κ1) is 18.4. The van der Waals surface area contributed by atoms with E-state index in [0.29, 0.717) is 30.3 Å². The quantitative estimate of drug-likeness (QED) is 0.837. The molecule has 2 aliphatic rings. The zero-order valence-electron chi connectivity index (χ0n) is 13.1. The summed E-state index contributed by atoms with van der Waals surface area (Å²) in [7, 11) is 0. The summed E-state index contributed by atoms with van der Waals surface area (Å²) in [6.07, 6.45) is 1.96. The van der Waals surface area contributed by atoms with E-state index in [0.717, 1.165) is 36.9 Å². The zero-order valence-corrected chi connectivity index (χ0v) is 15.5. The number of hydrogen-bond donors (Lipinski definition) is 1. The van der Waals surface area contributed by atoms with Gasteiger partial charge < -0.3 is 19.7 Å². The molecule has 1 saturated heterocycles. The molecule has 1 aromatic rings. The minimum atomic E-state index is 0.